The highest BCUT2D eigenvalue weighted by molar-refractivity contribution is 7.10. The summed E-state index contributed by atoms with van der Waals surface area (Å²) >= 11 is 1.94. The molecule has 1 aromatic rings. The molecule has 1 saturated carbocycles. The van der Waals surface area contributed by atoms with Crippen molar-refractivity contribution >= 4 is 11.3 Å². The third-order valence-corrected chi connectivity index (χ3v) is 5.31. The van der Waals surface area contributed by atoms with Crippen LogP contribution in [-0.2, 0) is 6.42 Å². The lowest BCUT2D eigenvalue weighted by atomic mass is 9.94. The molecule has 1 heterocycles. The van der Waals surface area contributed by atoms with Crippen LogP contribution in [0.3, 0.4) is 0 Å². The average Bonchev–Trinajstić information content (AvgIpc) is 3.11. The van der Waals surface area contributed by atoms with E-state index < -0.39 is 0 Å². The van der Waals surface area contributed by atoms with Gasteiger partial charge in [0, 0.05) is 30.1 Å². The van der Waals surface area contributed by atoms with Crippen molar-refractivity contribution in [3.8, 4) is 0 Å². The van der Waals surface area contributed by atoms with Crippen LogP contribution in [-0.4, -0.2) is 30.6 Å². The molecule has 1 aromatic heterocycles. The van der Waals surface area contributed by atoms with Crippen molar-refractivity contribution in [3.05, 3.63) is 21.9 Å². The van der Waals surface area contributed by atoms with Crippen molar-refractivity contribution in [1.29, 1.82) is 0 Å². The molecule has 0 spiro atoms. The van der Waals surface area contributed by atoms with E-state index >= 15 is 0 Å². The Labute approximate surface area is 114 Å². The molecular weight excluding hydrogens is 240 g/mol. The number of nitrogens with one attached hydrogen (secondary N) is 1. The lowest BCUT2D eigenvalue weighted by molar-refractivity contribution is 0.270. The minimum Gasteiger partial charge on any atom is -0.309 e. The average molecular weight is 264 g/mol. The molecule has 1 atom stereocenters. The third kappa shape index (κ3) is 2.79. The van der Waals surface area contributed by atoms with Crippen molar-refractivity contribution in [2.24, 2.45) is 0 Å². The maximum absolute atomic E-state index is 3.78. The first-order valence-corrected chi connectivity index (χ1v) is 8.30. The van der Waals surface area contributed by atoms with E-state index in [0.29, 0.717) is 6.04 Å². The highest BCUT2D eigenvalue weighted by Crippen LogP contribution is 2.33. The van der Waals surface area contributed by atoms with Gasteiger partial charge in [-0.3, -0.25) is 4.90 Å². The Kier molecular flexibility index (Phi) is 4.02. The Bertz CT molecular complexity index is 384. The highest BCUT2D eigenvalue weighted by Gasteiger charge is 2.27. The summed E-state index contributed by atoms with van der Waals surface area (Å²) in [6.07, 6.45) is 6.82. The van der Waals surface area contributed by atoms with Crippen LogP contribution < -0.4 is 5.32 Å². The summed E-state index contributed by atoms with van der Waals surface area (Å²) in [4.78, 5) is 4.25. The van der Waals surface area contributed by atoms with E-state index in [1.54, 1.807) is 10.4 Å². The van der Waals surface area contributed by atoms with Crippen molar-refractivity contribution in [2.75, 3.05) is 19.6 Å². The molecule has 0 bridgehead atoms. The molecule has 0 radical (unpaired) electrons. The van der Waals surface area contributed by atoms with E-state index in [2.05, 4.69) is 28.6 Å². The van der Waals surface area contributed by atoms with Gasteiger partial charge in [-0.15, -0.1) is 11.3 Å². The van der Waals surface area contributed by atoms with Gasteiger partial charge in [0.2, 0.25) is 0 Å². The summed E-state index contributed by atoms with van der Waals surface area (Å²) in [5.74, 6) is 0. The van der Waals surface area contributed by atoms with Gasteiger partial charge in [-0.05, 0) is 55.7 Å². The van der Waals surface area contributed by atoms with E-state index in [9.17, 15) is 0 Å². The molecule has 2 nitrogen and oxygen atoms in total. The zero-order valence-corrected chi connectivity index (χ0v) is 12.1. The standard InChI is InChI=1S/C15H24N2S/c1-2-17(12-6-7-12)10-9-16-14-4-3-5-15-13(14)8-11-18-15/h8,11-12,14,16H,2-7,9-10H2,1H3. The molecule has 1 unspecified atom stereocenters. The molecule has 2 aliphatic rings. The highest BCUT2D eigenvalue weighted by atomic mass is 32.1. The van der Waals surface area contributed by atoms with Gasteiger partial charge in [-0.25, -0.2) is 0 Å². The Morgan fingerprint density at radius 3 is 3.06 bits per heavy atom. The molecule has 2 aliphatic carbocycles. The molecule has 100 valence electrons. The van der Waals surface area contributed by atoms with Gasteiger partial charge in [0.25, 0.3) is 0 Å². The van der Waals surface area contributed by atoms with E-state index in [0.717, 1.165) is 12.6 Å². The Balaban J connectivity index is 1.49. The van der Waals surface area contributed by atoms with Crippen LogP contribution in [0.25, 0.3) is 0 Å². The molecule has 3 heteroatoms. The minimum atomic E-state index is 0.623. The number of fused-ring (bicyclic) bond motifs is 1. The molecule has 0 aromatic carbocycles. The maximum Gasteiger partial charge on any atom is 0.0331 e. The van der Waals surface area contributed by atoms with E-state index in [4.69, 9.17) is 0 Å². The molecule has 1 N–H and O–H groups in total. The SMILES string of the molecule is CCN(CCNC1CCCc2sccc21)C1CC1. The Morgan fingerprint density at radius 2 is 2.28 bits per heavy atom. The summed E-state index contributed by atoms with van der Waals surface area (Å²) in [6.45, 7) is 5.86. The number of aryl methyl sites for hydroxylation is 1. The summed E-state index contributed by atoms with van der Waals surface area (Å²) in [6, 6.07) is 3.85. The van der Waals surface area contributed by atoms with Crippen molar-refractivity contribution < 1.29 is 0 Å². The van der Waals surface area contributed by atoms with Crippen LogP contribution >= 0.6 is 11.3 Å². The van der Waals surface area contributed by atoms with Crippen LogP contribution in [0.4, 0.5) is 0 Å². The first kappa shape index (κ1) is 12.6. The molecule has 0 saturated heterocycles. The zero-order chi connectivity index (χ0) is 12.4. The lowest BCUT2D eigenvalue weighted by Gasteiger charge is -2.26. The second-order valence-electron chi connectivity index (χ2n) is 5.56. The van der Waals surface area contributed by atoms with Gasteiger partial charge in [0.05, 0.1) is 0 Å². The number of rotatable bonds is 6. The molecule has 18 heavy (non-hydrogen) atoms. The smallest absolute Gasteiger partial charge is 0.0331 e. The third-order valence-electron chi connectivity index (χ3n) is 4.31. The van der Waals surface area contributed by atoms with Gasteiger partial charge in [-0.1, -0.05) is 6.92 Å². The van der Waals surface area contributed by atoms with Crippen LogP contribution in [0.2, 0.25) is 0 Å². The number of hydrogen-bond acceptors (Lipinski definition) is 3. The van der Waals surface area contributed by atoms with E-state index in [1.165, 1.54) is 45.2 Å². The van der Waals surface area contributed by atoms with Gasteiger partial charge in [-0.2, -0.15) is 0 Å². The maximum atomic E-state index is 3.78. The van der Waals surface area contributed by atoms with Crippen LogP contribution in [0.1, 0.15) is 49.1 Å². The van der Waals surface area contributed by atoms with Gasteiger partial charge >= 0.3 is 0 Å². The fourth-order valence-electron chi connectivity index (χ4n) is 3.12. The second kappa shape index (κ2) is 5.72. The Hall–Kier alpha value is -0.380. The van der Waals surface area contributed by atoms with Crippen LogP contribution in [0, 0.1) is 0 Å². The Morgan fingerprint density at radius 1 is 1.39 bits per heavy atom. The first-order chi connectivity index (χ1) is 8.88. The van der Waals surface area contributed by atoms with E-state index in [-0.39, 0.29) is 0 Å². The topological polar surface area (TPSA) is 15.3 Å². The number of likely N-dealkylation sites (N-methyl/N-ethyl adjacent to an activating group) is 1. The van der Waals surface area contributed by atoms with Gasteiger partial charge in [0.15, 0.2) is 0 Å². The van der Waals surface area contributed by atoms with Gasteiger partial charge in [0.1, 0.15) is 0 Å². The predicted octanol–water partition coefficient (Wildman–Crippen LogP) is 3.20. The second-order valence-corrected chi connectivity index (χ2v) is 6.56. The first-order valence-electron chi connectivity index (χ1n) is 7.42. The monoisotopic (exact) mass is 264 g/mol. The largest absolute Gasteiger partial charge is 0.309 e. The summed E-state index contributed by atoms with van der Waals surface area (Å²) < 4.78 is 0. The fraction of sp³-hybridized carbons (Fsp3) is 0.733. The molecule has 0 amide bonds. The van der Waals surface area contributed by atoms with E-state index in [1.807, 2.05) is 11.3 Å². The molecule has 1 fully saturated rings. The van der Waals surface area contributed by atoms with Gasteiger partial charge < -0.3 is 5.32 Å². The molecule has 3 rings (SSSR count). The molecular formula is C15H24N2S. The normalized spacial score (nSPS) is 23.3. The quantitative estimate of drug-likeness (QED) is 0.849. The summed E-state index contributed by atoms with van der Waals surface area (Å²) in [5, 5.41) is 6.03. The molecule has 0 aliphatic heterocycles. The number of nitrogens with zero attached hydrogens (tertiary/aromatic N) is 1. The van der Waals surface area contributed by atoms with Crippen LogP contribution in [0.5, 0.6) is 0 Å². The van der Waals surface area contributed by atoms with Crippen LogP contribution in [0.15, 0.2) is 11.4 Å². The minimum absolute atomic E-state index is 0.623. The summed E-state index contributed by atoms with van der Waals surface area (Å²) in [5.41, 5.74) is 1.58. The number of hydrogen-bond donors (Lipinski definition) is 1. The summed E-state index contributed by atoms with van der Waals surface area (Å²) in [7, 11) is 0. The fourth-order valence-corrected chi connectivity index (χ4v) is 4.11. The predicted molar refractivity (Wildman–Crippen MR) is 78.3 cm³/mol. The van der Waals surface area contributed by atoms with Crippen molar-refractivity contribution in [1.82, 2.24) is 10.2 Å². The van der Waals surface area contributed by atoms with Crippen molar-refractivity contribution in [2.45, 2.75) is 51.1 Å². The lowest BCUT2D eigenvalue weighted by Crippen LogP contribution is -2.35. The zero-order valence-electron chi connectivity index (χ0n) is 11.3. The van der Waals surface area contributed by atoms with Crippen molar-refractivity contribution in [3.63, 3.8) is 0 Å². The number of thiophene rings is 1.